The van der Waals surface area contributed by atoms with Crippen LogP contribution in [0, 0.1) is 22.7 Å². The van der Waals surface area contributed by atoms with Crippen molar-refractivity contribution >= 4 is 41.2 Å². The molecule has 226 valence electrons. The lowest BCUT2D eigenvalue weighted by Crippen LogP contribution is -2.11. The summed E-state index contributed by atoms with van der Waals surface area (Å²) in [6, 6.07) is 27.8. The number of ether oxygens (including phenoxy) is 2. The second-order valence-electron chi connectivity index (χ2n) is 10.3. The van der Waals surface area contributed by atoms with E-state index in [9.17, 15) is 9.59 Å². The molecule has 0 saturated heterocycles. The number of nitrogens with zero attached hydrogens (tertiary/aromatic N) is 2. The van der Waals surface area contributed by atoms with E-state index in [0.717, 1.165) is 17.5 Å². The SMILES string of the molecule is CCCCCCCc1ccc(-c2ccc(C(=O)Oc3ccc(C(=O)Oc4ccc(C=C(C#N)C#N)c(Cl)c4)c(Cl)c3)cc2)cc1. The highest BCUT2D eigenvalue weighted by Crippen LogP contribution is 2.28. The van der Waals surface area contributed by atoms with Crippen LogP contribution < -0.4 is 9.47 Å². The summed E-state index contributed by atoms with van der Waals surface area (Å²) in [5, 5.41) is 18.1. The van der Waals surface area contributed by atoms with E-state index in [1.807, 2.05) is 12.1 Å². The highest BCUT2D eigenvalue weighted by atomic mass is 35.5. The topological polar surface area (TPSA) is 100 Å². The van der Waals surface area contributed by atoms with Gasteiger partial charge in [0.25, 0.3) is 0 Å². The summed E-state index contributed by atoms with van der Waals surface area (Å²) in [4.78, 5) is 25.5. The van der Waals surface area contributed by atoms with Crippen LogP contribution in [0.15, 0.2) is 90.5 Å². The number of aryl methyl sites for hydroxylation is 1. The smallest absolute Gasteiger partial charge is 0.345 e. The third kappa shape index (κ3) is 9.30. The van der Waals surface area contributed by atoms with Gasteiger partial charge in [0.2, 0.25) is 0 Å². The van der Waals surface area contributed by atoms with Crippen LogP contribution in [0.4, 0.5) is 0 Å². The Morgan fingerprint density at radius 3 is 1.89 bits per heavy atom. The van der Waals surface area contributed by atoms with E-state index in [4.69, 9.17) is 43.2 Å². The number of unbranched alkanes of at least 4 members (excludes halogenated alkanes) is 4. The van der Waals surface area contributed by atoms with E-state index >= 15 is 0 Å². The lowest BCUT2D eigenvalue weighted by atomic mass is 10.00. The van der Waals surface area contributed by atoms with Gasteiger partial charge in [0.1, 0.15) is 29.2 Å². The van der Waals surface area contributed by atoms with Gasteiger partial charge in [-0.25, -0.2) is 9.59 Å². The third-order valence-corrected chi connectivity index (χ3v) is 7.71. The number of benzene rings is 4. The van der Waals surface area contributed by atoms with Gasteiger partial charge in [-0.2, -0.15) is 10.5 Å². The Labute approximate surface area is 273 Å². The number of rotatable bonds is 12. The Morgan fingerprint density at radius 1 is 0.711 bits per heavy atom. The molecule has 0 amide bonds. The number of hydrogen-bond donors (Lipinski definition) is 0. The normalized spacial score (nSPS) is 10.3. The van der Waals surface area contributed by atoms with Gasteiger partial charge in [-0.05, 0) is 77.6 Å². The minimum Gasteiger partial charge on any atom is -0.423 e. The summed E-state index contributed by atoms with van der Waals surface area (Å²) in [7, 11) is 0. The molecule has 0 aliphatic carbocycles. The first-order valence-corrected chi connectivity index (χ1v) is 15.3. The van der Waals surface area contributed by atoms with Crippen LogP contribution in [-0.2, 0) is 6.42 Å². The van der Waals surface area contributed by atoms with E-state index in [-0.39, 0.29) is 32.7 Å². The van der Waals surface area contributed by atoms with Crippen molar-refractivity contribution in [1.29, 1.82) is 10.5 Å². The fourth-order valence-electron chi connectivity index (χ4n) is 4.58. The predicted molar refractivity (Wildman–Crippen MR) is 176 cm³/mol. The molecule has 6 nitrogen and oxygen atoms in total. The minimum absolute atomic E-state index is 0.0309. The molecule has 0 fully saturated rings. The summed E-state index contributed by atoms with van der Waals surface area (Å²) in [5.41, 5.74) is 4.12. The lowest BCUT2D eigenvalue weighted by Gasteiger charge is -2.10. The molecule has 0 unspecified atom stereocenters. The van der Waals surface area contributed by atoms with Crippen molar-refractivity contribution in [2.24, 2.45) is 0 Å². The molecule has 0 aliphatic heterocycles. The number of hydrogen-bond acceptors (Lipinski definition) is 6. The molecule has 4 aromatic carbocycles. The van der Waals surface area contributed by atoms with E-state index in [2.05, 4.69) is 31.2 Å². The average molecular weight is 638 g/mol. The van der Waals surface area contributed by atoms with Crippen molar-refractivity contribution in [1.82, 2.24) is 0 Å². The van der Waals surface area contributed by atoms with Gasteiger partial charge in [0.05, 0.1) is 21.2 Å². The molecule has 0 bridgehead atoms. The number of carbonyl (C=O) groups excluding carboxylic acids is 2. The fourth-order valence-corrected chi connectivity index (χ4v) is 5.05. The first-order chi connectivity index (χ1) is 21.8. The Morgan fingerprint density at radius 2 is 1.29 bits per heavy atom. The first-order valence-electron chi connectivity index (χ1n) is 14.6. The molecule has 8 heteroatoms. The molecular weight excluding hydrogens is 607 g/mol. The summed E-state index contributed by atoms with van der Waals surface area (Å²) >= 11 is 12.5. The quantitative estimate of drug-likeness (QED) is 0.0663. The van der Waals surface area contributed by atoms with Crippen molar-refractivity contribution in [3.05, 3.63) is 123 Å². The number of esters is 2. The third-order valence-electron chi connectivity index (χ3n) is 7.07. The zero-order valence-electron chi connectivity index (χ0n) is 24.7. The van der Waals surface area contributed by atoms with Crippen molar-refractivity contribution in [2.45, 2.75) is 45.4 Å². The molecule has 0 saturated carbocycles. The van der Waals surface area contributed by atoms with Gasteiger partial charge in [0, 0.05) is 12.1 Å². The second kappa shape index (κ2) is 16.3. The first kappa shape index (κ1) is 33.0. The van der Waals surface area contributed by atoms with Crippen LogP contribution in [0.3, 0.4) is 0 Å². The van der Waals surface area contributed by atoms with Crippen LogP contribution in [0.2, 0.25) is 10.0 Å². The standard InChI is InChI=1S/C37H30Cl2N2O4/c1-2-3-4-5-6-7-25-8-10-27(11-9-25)28-12-14-29(15-13-28)36(42)44-32-18-19-33(35(39)22-32)37(43)45-31-17-16-30(34(38)21-31)20-26(23-40)24-41/h8-22H,2-7H2,1H3. The number of allylic oxidation sites excluding steroid dienone is 1. The average Bonchev–Trinajstić information content (AvgIpc) is 3.04. The van der Waals surface area contributed by atoms with Gasteiger partial charge in [-0.15, -0.1) is 0 Å². The Kier molecular flexibility index (Phi) is 11.9. The van der Waals surface area contributed by atoms with Crippen LogP contribution in [0.25, 0.3) is 17.2 Å². The molecule has 45 heavy (non-hydrogen) atoms. The zero-order chi connectivity index (χ0) is 32.2. The number of carbonyl (C=O) groups is 2. The van der Waals surface area contributed by atoms with Gasteiger partial charge in [-0.1, -0.05) is 92.2 Å². The van der Waals surface area contributed by atoms with Crippen LogP contribution in [0.1, 0.15) is 70.9 Å². The van der Waals surface area contributed by atoms with Crippen molar-refractivity contribution in [3.63, 3.8) is 0 Å². The summed E-state index contributed by atoms with van der Waals surface area (Å²) < 4.78 is 10.9. The number of nitriles is 2. The highest BCUT2D eigenvalue weighted by molar-refractivity contribution is 6.34. The van der Waals surface area contributed by atoms with E-state index < -0.39 is 11.9 Å². The summed E-state index contributed by atoms with van der Waals surface area (Å²) in [5.74, 6) is -1.00. The summed E-state index contributed by atoms with van der Waals surface area (Å²) in [6.07, 6.45) is 8.71. The molecule has 0 radical (unpaired) electrons. The summed E-state index contributed by atoms with van der Waals surface area (Å²) in [6.45, 7) is 2.22. The molecule has 0 N–H and O–H groups in total. The maximum absolute atomic E-state index is 12.8. The molecule has 0 atom stereocenters. The Hall–Kier alpha value is -4.88. The molecule has 4 rings (SSSR count). The molecular formula is C37H30Cl2N2O4. The maximum atomic E-state index is 12.8. The molecule has 0 spiro atoms. The van der Waals surface area contributed by atoms with Crippen molar-refractivity contribution in [3.8, 4) is 34.8 Å². The van der Waals surface area contributed by atoms with Gasteiger partial charge >= 0.3 is 11.9 Å². The Bertz CT molecular complexity index is 1770. The van der Waals surface area contributed by atoms with E-state index in [0.29, 0.717) is 11.1 Å². The second-order valence-corrected chi connectivity index (χ2v) is 11.1. The van der Waals surface area contributed by atoms with Crippen molar-refractivity contribution < 1.29 is 19.1 Å². The van der Waals surface area contributed by atoms with Crippen LogP contribution in [0.5, 0.6) is 11.5 Å². The zero-order valence-corrected chi connectivity index (χ0v) is 26.2. The van der Waals surface area contributed by atoms with E-state index in [1.165, 1.54) is 80.1 Å². The van der Waals surface area contributed by atoms with Gasteiger partial charge in [0.15, 0.2) is 0 Å². The molecule has 4 aromatic rings. The highest BCUT2D eigenvalue weighted by Gasteiger charge is 2.17. The molecule has 0 aliphatic rings. The minimum atomic E-state index is -0.748. The fraction of sp³-hybridized carbons (Fsp3) is 0.189. The van der Waals surface area contributed by atoms with Crippen LogP contribution >= 0.6 is 23.2 Å². The lowest BCUT2D eigenvalue weighted by molar-refractivity contribution is 0.0730. The maximum Gasteiger partial charge on any atom is 0.345 e. The van der Waals surface area contributed by atoms with Gasteiger partial charge < -0.3 is 9.47 Å². The largest absolute Gasteiger partial charge is 0.423 e. The van der Waals surface area contributed by atoms with E-state index in [1.54, 1.807) is 24.3 Å². The van der Waals surface area contributed by atoms with Crippen molar-refractivity contribution in [2.75, 3.05) is 0 Å². The molecule has 0 heterocycles. The van der Waals surface area contributed by atoms with Gasteiger partial charge in [-0.3, -0.25) is 0 Å². The molecule has 0 aromatic heterocycles. The predicted octanol–water partition coefficient (Wildman–Crippen LogP) is 10.0. The van der Waals surface area contributed by atoms with Crippen LogP contribution in [-0.4, -0.2) is 11.9 Å². The monoisotopic (exact) mass is 636 g/mol. The number of halogens is 2. The Balaban J connectivity index is 1.34.